The van der Waals surface area contributed by atoms with Gasteiger partial charge < -0.3 is 4.74 Å². The summed E-state index contributed by atoms with van der Waals surface area (Å²) in [5.41, 5.74) is 6.04. The molecular weight excluding hydrogens is 282 g/mol. The van der Waals surface area contributed by atoms with Crippen LogP contribution in [0.4, 0.5) is 0 Å². The van der Waals surface area contributed by atoms with E-state index in [-0.39, 0.29) is 0 Å². The van der Waals surface area contributed by atoms with Crippen molar-refractivity contribution in [2.24, 2.45) is 0 Å². The summed E-state index contributed by atoms with van der Waals surface area (Å²) in [6, 6.07) is 10.6. The summed E-state index contributed by atoms with van der Waals surface area (Å²) in [7, 11) is 0. The Kier molecular flexibility index (Phi) is 5.08. The fraction of sp³-hybridized carbons (Fsp3) is 0.188. The van der Waals surface area contributed by atoms with E-state index in [2.05, 4.69) is 15.8 Å². The molecule has 1 aromatic carbocycles. The van der Waals surface area contributed by atoms with E-state index in [0.717, 1.165) is 5.56 Å². The van der Waals surface area contributed by atoms with Gasteiger partial charge in [0.05, 0.1) is 5.56 Å². The van der Waals surface area contributed by atoms with E-state index < -0.39 is 17.9 Å². The quantitative estimate of drug-likeness (QED) is 0.841. The van der Waals surface area contributed by atoms with Crippen molar-refractivity contribution in [3.63, 3.8) is 0 Å². The minimum Gasteiger partial charge on any atom is -0.481 e. The average Bonchev–Trinajstić information content (AvgIpc) is 2.53. The SMILES string of the molecule is Cc1cccc(OC(C)C(=O)NNC(=O)c2cccnc2)c1. The second-order valence-electron chi connectivity index (χ2n) is 4.76. The van der Waals surface area contributed by atoms with E-state index in [0.29, 0.717) is 11.3 Å². The van der Waals surface area contributed by atoms with E-state index >= 15 is 0 Å². The van der Waals surface area contributed by atoms with E-state index in [1.807, 2.05) is 25.1 Å². The maximum atomic E-state index is 11.9. The van der Waals surface area contributed by atoms with Gasteiger partial charge in [-0.15, -0.1) is 0 Å². The molecule has 0 aliphatic heterocycles. The molecule has 114 valence electrons. The number of nitrogens with zero attached hydrogens (tertiary/aromatic N) is 1. The molecule has 0 saturated heterocycles. The van der Waals surface area contributed by atoms with Crippen LogP contribution in [-0.2, 0) is 4.79 Å². The van der Waals surface area contributed by atoms with Crippen molar-refractivity contribution in [1.82, 2.24) is 15.8 Å². The van der Waals surface area contributed by atoms with E-state index in [1.54, 1.807) is 31.3 Å². The lowest BCUT2D eigenvalue weighted by molar-refractivity contribution is -0.128. The van der Waals surface area contributed by atoms with Gasteiger partial charge in [-0.05, 0) is 43.7 Å². The summed E-state index contributed by atoms with van der Waals surface area (Å²) in [5, 5.41) is 0. The number of hydrazine groups is 1. The Balaban J connectivity index is 1.85. The van der Waals surface area contributed by atoms with Crippen LogP contribution < -0.4 is 15.6 Å². The molecule has 1 aromatic heterocycles. The van der Waals surface area contributed by atoms with Crippen molar-refractivity contribution in [3.8, 4) is 5.75 Å². The molecule has 0 bridgehead atoms. The lowest BCUT2D eigenvalue weighted by Crippen LogP contribution is -2.47. The van der Waals surface area contributed by atoms with Gasteiger partial charge in [-0.25, -0.2) is 0 Å². The Bertz CT molecular complexity index is 659. The molecule has 0 spiro atoms. The smallest absolute Gasteiger partial charge is 0.279 e. The number of carbonyl (C=O) groups is 2. The predicted molar refractivity (Wildman–Crippen MR) is 81.1 cm³/mol. The minimum atomic E-state index is -0.740. The summed E-state index contributed by atoms with van der Waals surface area (Å²) in [5.74, 6) is -0.288. The van der Waals surface area contributed by atoms with Crippen LogP contribution in [0.15, 0.2) is 48.8 Å². The van der Waals surface area contributed by atoms with Gasteiger partial charge in [0.2, 0.25) is 0 Å². The lowest BCUT2D eigenvalue weighted by Gasteiger charge is -2.15. The highest BCUT2D eigenvalue weighted by Gasteiger charge is 2.15. The van der Waals surface area contributed by atoms with Crippen LogP contribution >= 0.6 is 0 Å². The van der Waals surface area contributed by atoms with E-state index in [4.69, 9.17) is 4.74 Å². The number of ether oxygens (including phenoxy) is 1. The Morgan fingerprint density at radius 1 is 1.18 bits per heavy atom. The zero-order valence-electron chi connectivity index (χ0n) is 12.4. The molecule has 6 heteroatoms. The summed E-state index contributed by atoms with van der Waals surface area (Å²) < 4.78 is 5.52. The number of aryl methyl sites for hydroxylation is 1. The maximum Gasteiger partial charge on any atom is 0.279 e. The molecule has 0 radical (unpaired) electrons. The van der Waals surface area contributed by atoms with Crippen LogP contribution in [-0.4, -0.2) is 22.9 Å². The zero-order valence-corrected chi connectivity index (χ0v) is 12.4. The van der Waals surface area contributed by atoms with Gasteiger partial charge in [0.1, 0.15) is 5.75 Å². The van der Waals surface area contributed by atoms with Crippen molar-refractivity contribution >= 4 is 11.8 Å². The van der Waals surface area contributed by atoms with Crippen LogP contribution in [0.2, 0.25) is 0 Å². The molecule has 6 nitrogen and oxygen atoms in total. The number of rotatable bonds is 4. The van der Waals surface area contributed by atoms with Crippen molar-refractivity contribution in [2.45, 2.75) is 20.0 Å². The zero-order chi connectivity index (χ0) is 15.9. The van der Waals surface area contributed by atoms with Gasteiger partial charge in [-0.3, -0.25) is 25.4 Å². The standard InChI is InChI=1S/C16H17N3O3/c1-11-5-3-7-14(9-11)22-12(2)15(20)18-19-16(21)13-6-4-8-17-10-13/h3-10,12H,1-2H3,(H,18,20)(H,19,21). The molecule has 1 unspecified atom stereocenters. The van der Waals surface area contributed by atoms with Crippen LogP contribution in [0.1, 0.15) is 22.8 Å². The van der Waals surface area contributed by atoms with Crippen molar-refractivity contribution < 1.29 is 14.3 Å². The highest BCUT2D eigenvalue weighted by atomic mass is 16.5. The van der Waals surface area contributed by atoms with Crippen LogP contribution in [0.3, 0.4) is 0 Å². The summed E-state index contributed by atoms with van der Waals surface area (Å²) in [4.78, 5) is 27.5. The topological polar surface area (TPSA) is 80.3 Å². The molecular formula is C16H17N3O3. The number of benzene rings is 1. The second-order valence-corrected chi connectivity index (χ2v) is 4.76. The molecule has 2 rings (SSSR count). The number of nitrogens with one attached hydrogen (secondary N) is 2. The number of pyridine rings is 1. The summed E-state index contributed by atoms with van der Waals surface area (Å²) in [6.07, 6.45) is 2.23. The number of amides is 2. The number of carbonyl (C=O) groups excluding carboxylic acids is 2. The number of hydrogen-bond acceptors (Lipinski definition) is 4. The van der Waals surface area contributed by atoms with Crippen molar-refractivity contribution in [1.29, 1.82) is 0 Å². The molecule has 2 N–H and O–H groups in total. The minimum absolute atomic E-state index is 0.357. The Hall–Kier alpha value is -2.89. The second kappa shape index (κ2) is 7.21. The summed E-state index contributed by atoms with van der Waals surface area (Å²) in [6.45, 7) is 3.54. The highest BCUT2D eigenvalue weighted by molar-refractivity contribution is 5.95. The third kappa shape index (κ3) is 4.31. The Morgan fingerprint density at radius 2 is 2.00 bits per heavy atom. The normalized spacial score (nSPS) is 11.4. The molecule has 1 atom stereocenters. The van der Waals surface area contributed by atoms with Crippen LogP contribution in [0.5, 0.6) is 5.75 Å². The molecule has 0 aliphatic rings. The van der Waals surface area contributed by atoms with Gasteiger partial charge in [0, 0.05) is 12.4 Å². The number of hydrogen-bond donors (Lipinski definition) is 2. The first-order valence-electron chi connectivity index (χ1n) is 6.80. The molecule has 0 aliphatic carbocycles. The molecule has 1 heterocycles. The van der Waals surface area contributed by atoms with Gasteiger partial charge in [0.25, 0.3) is 11.8 Å². The lowest BCUT2D eigenvalue weighted by atomic mass is 10.2. The molecule has 0 saturated carbocycles. The summed E-state index contributed by atoms with van der Waals surface area (Å²) >= 11 is 0. The maximum absolute atomic E-state index is 11.9. The first kappa shape index (κ1) is 15.5. The number of aromatic nitrogens is 1. The van der Waals surface area contributed by atoms with Gasteiger partial charge >= 0.3 is 0 Å². The van der Waals surface area contributed by atoms with Gasteiger partial charge in [-0.1, -0.05) is 12.1 Å². The fourth-order valence-corrected chi connectivity index (χ4v) is 1.74. The third-order valence-corrected chi connectivity index (χ3v) is 2.89. The Morgan fingerprint density at radius 3 is 2.68 bits per heavy atom. The van der Waals surface area contributed by atoms with E-state index in [9.17, 15) is 9.59 Å². The largest absolute Gasteiger partial charge is 0.481 e. The predicted octanol–water partition coefficient (Wildman–Crippen LogP) is 1.62. The third-order valence-electron chi connectivity index (χ3n) is 2.89. The first-order chi connectivity index (χ1) is 10.6. The van der Waals surface area contributed by atoms with Gasteiger partial charge in [0.15, 0.2) is 6.10 Å². The van der Waals surface area contributed by atoms with Crippen molar-refractivity contribution in [3.05, 3.63) is 59.9 Å². The van der Waals surface area contributed by atoms with Crippen molar-refractivity contribution in [2.75, 3.05) is 0 Å². The molecule has 2 amide bonds. The van der Waals surface area contributed by atoms with Gasteiger partial charge in [-0.2, -0.15) is 0 Å². The van der Waals surface area contributed by atoms with Crippen LogP contribution in [0, 0.1) is 6.92 Å². The average molecular weight is 299 g/mol. The van der Waals surface area contributed by atoms with E-state index in [1.165, 1.54) is 6.20 Å². The fourth-order valence-electron chi connectivity index (χ4n) is 1.74. The molecule has 0 fully saturated rings. The first-order valence-corrected chi connectivity index (χ1v) is 6.80. The molecule has 22 heavy (non-hydrogen) atoms. The Labute approximate surface area is 128 Å². The monoisotopic (exact) mass is 299 g/mol. The van der Waals surface area contributed by atoms with Crippen LogP contribution in [0.25, 0.3) is 0 Å². The highest BCUT2D eigenvalue weighted by Crippen LogP contribution is 2.14. The molecule has 2 aromatic rings.